The van der Waals surface area contributed by atoms with Gasteiger partial charge in [-0.2, -0.15) is 13.2 Å². The maximum Gasteiger partial charge on any atom is 0.416 e. The van der Waals surface area contributed by atoms with Crippen LogP contribution in [0.3, 0.4) is 0 Å². The zero-order valence-electron chi connectivity index (χ0n) is 20.1. The average Bonchev–Trinajstić information content (AvgIpc) is 3.57. The summed E-state index contributed by atoms with van der Waals surface area (Å²) in [6.07, 6.45) is -2.10. The number of carbonyl (C=O) groups is 1. The van der Waals surface area contributed by atoms with E-state index in [1.54, 1.807) is 17.0 Å². The van der Waals surface area contributed by atoms with Crippen molar-refractivity contribution in [2.75, 3.05) is 19.7 Å². The van der Waals surface area contributed by atoms with Crippen LogP contribution in [0.4, 0.5) is 13.2 Å². The second kappa shape index (κ2) is 11.5. The number of aromatic nitrogens is 2. The second-order valence-corrected chi connectivity index (χ2v) is 11.2. The minimum absolute atomic E-state index is 0.165. The van der Waals surface area contributed by atoms with E-state index in [0.29, 0.717) is 58.7 Å². The molecule has 3 aromatic rings. The van der Waals surface area contributed by atoms with Gasteiger partial charge in [-0.1, -0.05) is 40.0 Å². The van der Waals surface area contributed by atoms with Gasteiger partial charge in [-0.25, -0.2) is 9.97 Å². The number of benzene rings is 1. The van der Waals surface area contributed by atoms with Crippen LogP contribution in [0.15, 0.2) is 41.0 Å². The smallest absolute Gasteiger partial charge is 0.416 e. The van der Waals surface area contributed by atoms with Crippen molar-refractivity contribution in [2.45, 2.75) is 37.5 Å². The van der Waals surface area contributed by atoms with E-state index in [1.165, 1.54) is 11.3 Å². The topological polar surface area (TPSA) is 76.9 Å². The van der Waals surface area contributed by atoms with Gasteiger partial charge >= 0.3 is 6.18 Å². The number of likely N-dealkylation sites (tertiary alicyclic amines) is 1. The number of amides is 1. The summed E-state index contributed by atoms with van der Waals surface area (Å²) in [5, 5.41) is 8.32. The van der Waals surface area contributed by atoms with Gasteiger partial charge in [0.1, 0.15) is 5.71 Å². The standard InChI is InChI=1S/C25H20Cl3F3N4O3S/c26-15-8-16(27)23(17(28)9-15)20-10-18(34-38-20)19-12-39-24(33-19)13-2-5-35(6-3-13)22(36)11-37-21-7-14(1-4-32-21)25(29,30)31/h1,4,7-9,12-13,20H,2-3,5-6,10-11H2. The zero-order valence-corrected chi connectivity index (χ0v) is 23.1. The maximum atomic E-state index is 12.9. The Morgan fingerprint density at radius 3 is 2.56 bits per heavy atom. The number of piperidine rings is 1. The molecule has 0 aliphatic carbocycles. The molecule has 1 unspecified atom stereocenters. The molecule has 2 aliphatic rings. The van der Waals surface area contributed by atoms with Crippen LogP contribution in [0.25, 0.3) is 0 Å². The van der Waals surface area contributed by atoms with E-state index < -0.39 is 17.8 Å². The van der Waals surface area contributed by atoms with Crippen LogP contribution in [0.1, 0.15) is 53.1 Å². The summed E-state index contributed by atoms with van der Waals surface area (Å²) in [5.74, 6) is -0.390. The molecule has 2 aliphatic heterocycles. The fourth-order valence-corrected chi connectivity index (χ4v) is 6.48. The molecule has 1 aromatic carbocycles. The monoisotopic (exact) mass is 618 g/mol. The number of nitrogens with zero attached hydrogens (tertiary/aromatic N) is 4. The number of halogens is 6. The van der Waals surface area contributed by atoms with Gasteiger partial charge in [-0.05, 0) is 31.0 Å². The molecule has 2 aromatic heterocycles. The number of thiazole rings is 1. The first-order valence-electron chi connectivity index (χ1n) is 11.8. The Kier molecular flexibility index (Phi) is 8.23. The Bertz CT molecular complexity index is 1390. The highest BCUT2D eigenvalue weighted by Gasteiger charge is 2.32. The molecular weight excluding hydrogens is 600 g/mol. The molecule has 0 spiro atoms. The predicted molar refractivity (Wildman–Crippen MR) is 142 cm³/mol. The van der Waals surface area contributed by atoms with Gasteiger partial charge in [-0.3, -0.25) is 4.79 Å². The molecule has 206 valence electrons. The number of oxime groups is 1. The number of ether oxygens (including phenoxy) is 1. The molecule has 7 nitrogen and oxygen atoms in total. The van der Waals surface area contributed by atoms with Crippen LogP contribution >= 0.6 is 46.1 Å². The van der Waals surface area contributed by atoms with E-state index in [9.17, 15) is 18.0 Å². The third kappa shape index (κ3) is 6.42. The van der Waals surface area contributed by atoms with Crippen LogP contribution in [0, 0.1) is 0 Å². The number of pyridine rings is 1. The highest BCUT2D eigenvalue weighted by atomic mass is 35.5. The van der Waals surface area contributed by atoms with Crippen LogP contribution in [-0.4, -0.2) is 46.2 Å². The van der Waals surface area contributed by atoms with Crippen molar-refractivity contribution >= 4 is 57.8 Å². The minimum Gasteiger partial charge on any atom is -0.468 e. The second-order valence-electron chi connectivity index (χ2n) is 9.01. The lowest BCUT2D eigenvalue weighted by molar-refractivity contribution is -0.137. The van der Waals surface area contributed by atoms with Gasteiger partial charge in [0.2, 0.25) is 5.88 Å². The van der Waals surface area contributed by atoms with Crippen molar-refractivity contribution in [3.8, 4) is 5.88 Å². The Balaban J connectivity index is 1.13. The lowest BCUT2D eigenvalue weighted by Crippen LogP contribution is -2.40. The molecule has 14 heteroatoms. The summed E-state index contributed by atoms with van der Waals surface area (Å²) in [7, 11) is 0. The van der Waals surface area contributed by atoms with Gasteiger partial charge in [0.25, 0.3) is 5.91 Å². The summed E-state index contributed by atoms with van der Waals surface area (Å²) in [6.45, 7) is 0.581. The van der Waals surface area contributed by atoms with Crippen molar-refractivity contribution in [1.29, 1.82) is 0 Å². The molecule has 0 N–H and O–H groups in total. The lowest BCUT2D eigenvalue weighted by atomic mass is 9.97. The maximum absolute atomic E-state index is 12.9. The molecular formula is C25H20Cl3F3N4O3S. The van der Waals surface area contributed by atoms with E-state index in [0.717, 1.165) is 29.0 Å². The van der Waals surface area contributed by atoms with Gasteiger partial charge in [0, 0.05) is 53.7 Å². The van der Waals surface area contributed by atoms with Crippen molar-refractivity contribution in [1.82, 2.24) is 14.9 Å². The third-order valence-corrected chi connectivity index (χ3v) is 8.31. The van der Waals surface area contributed by atoms with E-state index >= 15 is 0 Å². The highest BCUT2D eigenvalue weighted by Crippen LogP contribution is 2.40. The molecule has 5 rings (SSSR count). The van der Waals surface area contributed by atoms with Crippen LogP contribution < -0.4 is 4.74 Å². The molecule has 1 saturated heterocycles. The predicted octanol–water partition coefficient (Wildman–Crippen LogP) is 7.17. The summed E-state index contributed by atoms with van der Waals surface area (Å²) >= 11 is 20.2. The number of rotatable bonds is 6. The van der Waals surface area contributed by atoms with E-state index in [-0.39, 0.29) is 24.3 Å². The van der Waals surface area contributed by atoms with Gasteiger partial charge in [-0.15, -0.1) is 11.3 Å². The largest absolute Gasteiger partial charge is 0.468 e. The SMILES string of the molecule is O=C(COc1cc(C(F)(F)F)ccn1)N1CCC(c2nc(C3=NOC(c4c(Cl)cc(Cl)cc4Cl)C3)cs2)CC1. The number of hydrogen-bond donors (Lipinski definition) is 0. The first-order chi connectivity index (χ1) is 18.6. The normalized spacial score (nSPS) is 18.2. The summed E-state index contributed by atoms with van der Waals surface area (Å²) in [5.41, 5.74) is 1.16. The molecule has 0 saturated carbocycles. The molecule has 1 atom stereocenters. The average molecular weight is 620 g/mol. The Morgan fingerprint density at radius 2 is 1.87 bits per heavy atom. The third-order valence-electron chi connectivity index (χ3n) is 6.45. The fraction of sp³-hybridized carbons (Fsp3) is 0.360. The van der Waals surface area contributed by atoms with Crippen LogP contribution in [-0.2, 0) is 15.8 Å². The zero-order chi connectivity index (χ0) is 27.7. The molecule has 1 amide bonds. The molecule has 1 fully saturated rings. The highest BCUT2D eigenvalue weighted by molar-refractivity contribution is 7.10. The van der Waals surface area contributed by atoms with E-state index in [1.807, 2.05) is 5.38 Å². The quantitative estimate of drug-likeness (QED) is 0.293. The number of hydrogen-bond acceptors (Lipinski definition) is 7. The Labute approximate surface area is 240 Å². The van der Waals surface area contributed by atoms with Crippen LogP contribution in [0.2, 0.25) is 15.1 Å². The van der Waals surface area contributed by atoms with Gasteiger partial charge in [0.05, 0.1) is 26.3 Å². The van der Waals surface area contributed by atoms with Crippen molar-refractivity contribution in [3.63, 3.8) is 0 Å². The van der Waals surface area contributed by atoms with Crippen LogP contribution in [0.5, 0.6) is 5.88 Å². The Hall–Kier alpha value is -2.60. The van der Waals surface area contributed by atoms with Crippen molar-refractivity contribution in [2.24, 2.45) is 5.16 Å². The first kappa shape index (κ1) is 27.9. The molecule has 4 heterocycles. The first-order valence-corrected chi connectivity index (χ1v) is 13.9. The van der Waals surface area contributed by atoms with Crippen molar-refractivity contribution < 1.29 is 27.5 Å². The summed E-state index contributed by atoms with van der Waals surface area (Å²) in [6, 6.07) is 4.84. The minimum atomic E-state index is -4.51. The Morgan fingerprint density at radius 1 is 1.15 bits per heavy atom. The van der Waals surface area contributed by atoms with Gasteiger partial charge in [0.15, 0.2) is 12.7 Å². The van der Waals surface area contributed by atoms with Gasteiger partial charge < -0.3 is 14.5 Å². The number of carbonyl (C=O) groups excluding carboxylic acids is 1. The van der Waals surface area contributed by atoms with E-state index in [4.69, 9.17) is 49.4 Å². The van der Waals surface area contributed by atoms with Crippen molar-refractivity contribution in [3.05, 3.63) is 72.7 Å². The summed E-state index contributed by atoms with van der Waals surface area (Å²) in [4.78, 5) is 28.3. The molecule has 39 heavy (non-hydrogen) atoms. The molecule has 0 radical (unpaired) electrons. The summed E-state index contributed by atoms with van der Waals surface area (Å²) < 4.78 is 43.8. The number of alkyl halides is 3. The lowest BCUT2D eigenvalue weighted by Gasteiger charge is -2.31. The fourth-order valence-electron chi connectivity index (χ4n) is 4.42. The van der Waals surface area contributed by atoms with E-state index in [2.05, 4.69) is 10.1 Å². The molecule has 0 bridgehead atoms.